The fraction of sp³-hybridized carbons (Fsp3) is 0.138. The number of hydrogen-bond acceptors (Lipinski definition) is 6. The summed E-state index contributed by atoms with van der Waals surface area (Å²) >= 11 is 12.3. The zero-order chi connectivity index (χ0) is 27.5. The summed E-state index contributed by atoms with van der Waals surface area (Å²) in [5.74, 6) is -7.10. The van der Waals surface area contributed by atoms with Gasteiger partial charge in [-0.1, -0.05) is 77.8 Å². The van der Waals surface area contributed by atoms with Crippen LogP contribution >= 0.6 is 23.2 Å². The average Bonchev–Trinajstić information content (AvgIpc) is 3.40. The van der Waals surface area contributed by atoms with Crippen molar-refractivity contribution in [3.8, 4) is 0 Å². The molecule has 3 aromatic carbocycles. The van der Waals surface area contributed by atoms with E-state index in [0.29, 0.717) is 0 Å². The fourth-order valence-corrected chi connectivity index (χ4v) is 5.80. The number of fused-ring (bicyclic) bond motifs is 2. The quantitative estimate of drug-likeness (QED) is 0.321. The van der Waals surface area contributed by atoms with Gasteiger partial charge in [0, 0.05) is 22.7 Å². The number of nitrogens with one attached hydrogen (secondary N) is 1. The van der Waals surface area contributed by atoms with E-state index in [1.807, 2.05) is 24.3 Å². The highest BCUT2D eigenvalue weighted by Crippen LogP contribution is 2.54. The second-order valence-corrected chi connectivity index (χ2v) is 10.2. The highest BCUT2D eigenvalue weighted by Gasteiger charge is 2.71. The number of aliphatic carboxylic acids is 1. The van der Waals surface area contributed by atoms with Gasteiger partial charge in [-0.05, 0) is 29.1 Å². The van der Waals surface area contributed by atoms with Crippen LogP contribution in [-0.2, 0) is 14.3 Å². The number of carbonyl (C=O) groups is 4. The Morgan fingerprint density at radius 1 is 0.872 bits per heavy atom. The van der Waals surface area contributed by atoms with E-state index in [2.05, 4.69) is 10.3 Å². The third kappa shape index (κ3) is 3.83. The maximum Gasteiger partial charge on any atom is 0.311 e. The molecule has 8 nitrogen and oxygen atoms in total. The molecule has 1 fully saturated rings. The Morgan fingerprint density at radius 2 is 1.51 bits per heavy atom. The Bertz CT molecular complexity index is 1690. The second kappa shape index (κ2) is 9.27. The molecule has 2 aliphatic rings. The van der Waals surface area contributed by atoms with Gasteiger partial charge in [0.05, 0.1) is 22.1 Å². The van der Waals surface area contributed by atoms with Crippen molar-refractivity contribution in [2.75, 3.05) is 5.32 Å². The fourth-order valence-electron chi connectivity index (χ4n) is 5.49. The van der Waals surface area contributed by atoms with E-state index >= 15 is 0 Å². The van der Waals surface area contributed by atoms with Gasteiger partial charge in [0.2, 0.25) is 23.1 Å². The largest absolute Gasteiger partial charge is 0.481 e. The van der Waals surface area contributed by atoms with Gasteiger partial charge in [0.1, 0.15) is 11.7 Å². The molecule has 6 rings (SSSR count). The van der Waals surface area contributed by atoms with Crippen LogP contribution in [0.5, 0.6) is 0 Å². The summed E-state index contributed by atoms with van der Waals surface area (Å²) in [7, 11) is 0. The molecule has 0 bridgehead atoms. The summed E-state index contributed by atoms with van der Waals surface area (Å²) in [4.78, 5) is 58.4. The lowest BCUT2D eigenvalue weighted by atomic mass is 9.75. The molecule has 2 heterocycles. The summed E-state index contributed by atoms with van der Waals surface area (Å²) in [6.07, 6.45) is 0.257. The molecule has 1 aliphatic carbocycles. The molecular weight excluding hydrogens is 543 g/mol. The molecule has 1 spiro atoms. The number of ether oxygens (including phenoxy) is 1. The molecule has 1 aliphatic heterocycles. The minimum absolute atomic E-state index is 0.0406. The number of anilines is 1. The maximum atomic E-state index is 13.9. The topological polar surface area (TPSA) is 123 Å². The molecule has 1 amide bonds. The van der Waals surface area contributed by atoms with E-state index in [1.54, 1.807) is 24.4 Å². The lowest BCUT2D eigenvalue weighted by molar-refractivity contribution is -0.147. The van der Waals surface area contributed by atoms with Gasteiger partial charge in [-0.25, -0.2) is 4.98 Å². The van der Waals surface area contributed by atoms with E-state index in [9.17, 15) is 24.3 Å². The smallest absolute Gasteiger partial charge is 0.311 e. The zero-order valence-electron chi connectivity index (χ0n) is 19.9. The lowest BCUT2D eigenvalue weighted by Gasteiger charge is -2.25. The number of amides is 1. The number of Topliss-reactive ketones (excluding diaryl/α,β-unsaturated/α-hetero) is 2. The first-order valence-electron chi connectivity index (χ1n) is 11.9. The molecule has 194 valence electrons. The van der Waals surface area contributed by atoms with E-state index in [-0.39, 0.29) is 32.6 Å². The molecule has 4 aromatic rings. The van der Waals surface area contributed by atoms with Crippen molar-refractivity contribution in [3.63, 3.8) is 0 Å². The van der Waals surface area contributed by atoms with E-state index in [0.717, 1.165) is 10.8 Å². The molecule has 1 saturated heterocycles. The lowest BCUT2D eigenvalue weighted by Crippen LogP contribution is -2.52. The Hall–Kier alpha value is -4.11. The molecular formula is C29H18Cl2N2O6. The normalized spacial score (nSPS) is 21.3. The number of benzene rings is 3. The minimum Gasteiger partial charge on any atom is -0.481 e. The first-order valence-corrected chi connectivity index (χ1v) is 12.7. The van der Waals surface area contributed by atoms with E-state index in [1.165, 1.54) is 30.3 Å². The van der Waals surface area contributed by atoms with Gasteiger partial charge in [-0.2, -0.15) is 0 Å². The number of carboxylic acid groups (broad SMARTS) is 1. The number of aromatic nitrogens is 1. The Labute approximate surface area is 231 Å². The van der Waals surface area contributed by atoms with Crippen LogP contribution in [0.2, 0.25) is 10.0 Å². The summed E-state index contributed by atoms with van der Waals surface area (Å²) in [6, 6.07) is 19.5. The third-order valence-corrected chi connectivity index (χ3v) is 7.99. The number of nitrogens with zero attached hydrogens (tertiary/aromatic N) is 1. The van der Waals surface area contributed by atoms with Crippen LogP contribution in [0.25, 0.3) is 10.8 Å². The Kier molecular flexibility index (Phi) is 5.99. The number of carbonyl (C=O) groups excluding carboxylic acids is 3. The Balaban J connectivity index is 1.48. The van der Waals surface area contributed by atoms with Crippen molar-refractivity contribution < 1.29 is 29.0 Å². The summed E-state index contributed by atoms with van der Waals surface area (Å²) in [5, 5.41) is 15.1. The van der Waals surface area contributed by atoms with Crippen molar-refractivity contribution in [2.24, 2.45) is 11.8 Å². The maximum absolute atomic E-state index is 13.9. The number of carboxylic acids is 1. The first-order chi connectivity index (χ1) is 18.7. The van der Waals surface area contributed by atoms with Crippen LogP contribution in [0.4, 0.5) is 5.82 Å². The second-order valence-electron chi connectivity index (χ2n) is 9.40. The van der Waals surface area contributed by atoms with Gasteiger partial charge in [-0.3, -0.25) is 19.2 Å². The first kappa shape index (κ1) is 25.2. The van der Waals surface area contributed by atoms with E-state index < -0.39 is 47.0 Å². The van der Waals surface area contributed by atoms with Crippen LogP contribution in [-0.4, -0.2) is 39.1 Å². The van der Waals surface area contributed by atoms with Crippen LogP contribution in [0, 0.1) is 11.8 Å². The highest BCUT2D eigenvalue weighted by molar-refractivity contribution is 6.42. The molecule has 2 N–H and O–H groups in total. The van der Waals surface area contributed by atoms with Gasteiger partial charge >= 0.3 is 5.97 Å². The number of pyridine rings is 1. The van der Waals surface area contributed by atoms with Crippen LogP contribution in [0.15, 0.2) is 79.0 Å². The van der Waals surface area contributed by atoms with Crippen LogP contribution in [0.1, 0.15) is 32.4 Å². The number of rotatable bonds is 4. The molecule has 1 aromatic heterocycles. The highest BCUT2D eigenvalue weighted by atomic mass is 35.5. The van der Waals surface area contributed by atoms with Crippen LogP contribution in [0.3, 0.4) is 0 Å². The average molecular weight is 561 g/mol. The summed E-state index contributed by atoms with van der Waals surface area (Å²) in [6.45, 7) is 0. The molecule has 39 heavy (non-hydrogen) atoms. The molecule has 0 radical (unpaired) electrons. The van der Waals surface area contributed by atoms with Crippen molar-refractivity contribution >= 4 is 63.2 Å². The minimum atomic E-state index is -2.44. The summed E-state index contributed by atoms with van der Waals surface area (Å²) in [5.41, 5.74) is -2.07. The van der Waals surface area contributed by atoms with Crippen LogP contribution < -0.4 is 5.32 Å². The SMILES string of the molecule is O=C(Nc1cc2ccccc2cn1)C1C(c2ccc(Cl)c(Cl)c2)OC2(C(=O)c3ccccc3C2=O)C1C(=O)O. The third-order valence-electron chi connectivity index (χ3n) is 7.25. The Morgan fingerprint density at radius 3 is 2.15 bits per heavy atom. The monoisotopic (exact) mass is 560 g/mol. The van der Waals surface area contributed by atoms with Crippen molar-refractivity contribution in [2.45, 2.75) is 11.7 Å². The zero-order valence-corrected chi connectivity index (χ0v) is 21.4. The van der Waals surface area contributed by atoms with Crippen molar-refractivity contribution in [3.05, 3.63) is 106 Å². The van der Waals surface area contributed by atoms with E-state index in [4.69, 9.17) is 27.9 Å². The van der Waals surface area contributed by atoms with Gasteiger partial charge in [0.15, 0.2) is 0 Å². The molecule has 3 atom stereocenters. The van der Waals surface area contributed by atoms with Crippen molar-refractivity contribution in [1.29, 1.82) is 0 Å². The molecule has 3 unspecified atom stereocenters. The summed E-state index contributed by atoms with van der Waals surface area (Å²) < 4.78 is 6.15. The predicted octanol–water partition coefficient (Wildman–Crippen LogP) is 5.39. The van der Waals surface area contributed by atoms with Crippen molar-refractivity contribution in [1.82, 2.24) is 4.98 Å². The predicted molar refractivity (Wildman–Crippen MR) is 143 cm³/mol. The van der Waals surface area contributed by atoms with Gasteiger partial charge in [-0.15, -0.1) is 0 Å². The molecule has 0 saturated carbocycles. The number of hydrogen-bond donors (Lipinski definition) is 2. The van der Waals surface area contributed by atoms with Gasteiger partial charge in [0.25, 0.3) is 0 Å². The van der Waals surface area contributed by atoms with Gasteiger partial charge < -0.3 is 15.2 Å². The standard InChI is InChI=1S/C29H18Cl2N2O6/c30-19-10-9-15(11-20(19)31)24-22(27(36)33-21-12-14-5-1-2-6-16(14)13-32-21)23(28(37)38)29(39-24)25(34)17-7-3-4-8-18(17)26(29)35/h1-13,22-24H,(H,37,38)(H,32,33,36). The number of ketones is 2. The molecule has 10 heteroatoms. The number of halogens is 2.